The van der Waals surface area contributed by atoms with Crippen molar-refractivity contribution >= 4 is 44.0 Å². The van der Waals surface area contributed by atoms with E-state index in [1.165, 1.54) is 21.5 Å². The van der Waals surface area contributed by atoms with Crippen molar-refractivity contribution in [3.05, 3.63) is 52.5 Å². The minimum Gasteiger partial charge on any atom is -0.368 e. The third-order valence-corrected chi connectivity index (χ3v) is 5.91. The minimum absolute atomic E-state index is 0.805. The quantitative estimate of drug-likeness (QED) is 0.650. The average Bonchev–Trinajstić information content (AvgIpc) is 3.00. The van der Waals surface area contributed by atoms with Gasteiger partial charge in [-0.15, -0.1) is 0 Å². The molecule has 0 radical (unpaired) electrons. The van der Waals surface area contributed by atoms with E-state index in [9.17, 15) is 0 Å². The van der Waals surface area contributed by atoms with E-state index in [0.29, 0.717) is 0 Å². The number of aromatic nitrogens is 1. The molecule has 0 bridgehead atoms. The molecule has 0 amide bonds. The summed E-state index contributed by atoms with van der Waals surface area (Å²) in [5, 5.41) is 1.94. The monoisotopic (exact) mass is 357 g/mol. The molecule has 3 aromatic rings. The molecule has 0 saturated carbocycles. The van der Waals surface area contributed by atoms with Gasteiger partial charge in [0.15, 0.2) is 5.13 Å². The standard InChI is InChI=1S/C19H20ClN3S/c1-13-3-6-16-18(11-13)24-19(21-16)23-9-7-22(8-10-23)17-12-15(20)5-4-14(17)2/h3-6,11-12H,7-10H2,1-2H3. The van der Waals surface area contributed by atoms with Gasteiger partial charge in [-0.1, -0.05) is 35.1 Å². The van der Waals surface area contributed by atoms with Crippen LogP contribution in [0.4, 0.5) is 10.8 Å². The van der Waals surface area contributed by atoms with Gasteiger partial charge in [0, 0.05) is 36.9 Å². The van der Waals surface area contributed by atoms with Gasteiger partial charge in [-0.25, -0.2) is 4.98 Å². The molecule has 1 aromatic heterocycles. The van der Waals surface area contributed by atoms with E-state index in [0.717, 1.165) is 41.8 Å². The van der Waals surface area contributed by atoms with Crippen LogP contribution in [0.2, 0.25) is 5.02 Å². The zero-order chi connectivity index (χ0) is 16.7. The smallest absolute Gasteiger partial charge is 0.186 e. The predicted molar refractivity (Wildman–Crippen MR) is 105 cm³/mol. The van der Waals surface area contributed by atoms with Gasteiger partial charge in [-0.3, -0.25) is 0 Å². The van der Waals surface area contributed by atoms with Crippen LogP contribution in [0, 0.1) is 13.8 Å². The van der Waals surface area contributed by atoms with Crippen molar-refractivity contribution in [2.75, 3.05) is 36.0 Å². The molecule has 24 heavy (non-hydrogen) atoms. The number of fused-ring (bicyclic) bond motifs is 1. The van der Waals surface area contributed by atoms with Crippen molar-refractivity contribution in [1.82, 2.24) is 4.98 Å². The maximum atomic E-state index is 6.17. The highest BCUT2D eigenvalue weighted by Crippen LogP contribution is 2.31. The van der Waals surface area contributed by atoms with Gasteiger partial charge < -0.3 is 9.80 Å². The Morgan fingerprint density at radius 1 is 0.958 bits per heavy atom. The Morgan fingerprint density at radius 2 is 1.71 bits per heavy atom. The summed E-state index contributed by atoms with van der Waals surface area (Å²) in [6, 6.07) is 12.6. The van der Waals surface area contributed by atoms with Gasteiger partial charge in [0.1, 0.15) is 0 Å². The number of hydrogen-bond donors (Lipinski definition) is 0. The molecule has 5 heteroatoms. The summed E-state index contributed by atoms with van der Waals surface area (Å²) in [5.74, 6) is 0. The summed E-state index contributed by atoms with van der Waals surface area (Å²) in [6.07, 6.45) is 0. The molecule has 0 unspecified atom stereocenters. The second kappa shape index (κ2) is 6.26. The van der Waals surface area contributed by atoms with Crippen LogP contribution in [-0.2, 0) is 0 Å². The van der Waals surface area contributed by atoms with Gasteiger partial charge in [-0.05, 0) is 49.2 Å². The van der Waals surface area contributed by atoms with E-state index in [-0.39, 0.29) is 0 Å². The third-order valence-electron chi connectivity index (χ3n) is 4.59. The number of piperazine rings is 1. The summed E-state index contributed by atoms with van der Waals surface area (Å²) in [5.41, 5.74) is 4.93. The van der Waals surface area contributed by atoms with Gasteiger partial charge in [0.25, 0.3) is 0 Å². The molecule has 0 atom stereocenters. The van der Waals surface area contributed by atoms with Crippen LogP contribution < -0.4 is 9.80 Å². The number of aryl methyl sites for hydroxylation is 2. The van der Waals surface area contributed by atoms with Crippen LogP contribution in [0.15, 0.2) is 36.4 Å². The fourth-order valence-corrected chi connectivity index (χ4v) is 4.50. The molecular weight excluding hydrogens is 338 g/mol. The summed E-state index contributed by atoms with van der Waals surface area (Å²) >= 11 is 7.97. The molecule has 0 aliphatic carbocycles. The van der Waals surface area contributed by atoms with Gasteiger partial charge in [0.2, 0.25) is 0 Å². The lowest BCUT2D eigenvalue weighted by Gasteiger charge is -2.36. The lowest BCUT2D eigenvalue weighted by Crippen LogP contribution is -2.46. The Labute approximate surface area is 151 Å². The molecule has 0 N–H and O–H groups in total. The second-order valence-corrected chi connectivity index (χ2v) is 7.82. The maximum absolute atomic E-state index is 6.17. The molecular formula is C19H20ClN3S. The van der Waals surface area contributed by atoms with Crippen molar-refractivity contribution < 1.29 is 0 Å². The van der Waals surface area contributed by atoms with E-state index < -0.39 is 0 Å². The molecule has 2 aromatic carbocycles. The Bertz CT molecular complexity index is 881. The first-order valence-corrected chi connectivity index (χ1v) is 9.43. The normalized spacial score (nSPS) is 15.3. The van der Waals surface area contributed by atoms with Crippen LogP contribution in [0.25, 0.3) is 10.2 Å². The number of anilines is 2. The summed E-state index contributed by atoms with van der Waals surface area (Å²) in [4.78, 5) is 9.64. The van der Waals surface area contributed by atoms with Crippen LogP contribution >= 0.6 is 22.9 Å². The van der Waals surface area contributed by atoms with E-state index in [2.05, 4.69) is 54.0 Å². The first kappa shape index (κ1) is 15.7. The van der Waals surface area contributed by atoms with E-state index in [1.54, 1.807) is 11.3 Å². The van der Waals surface area contributed by atoms with Crippen LogP contribution in [0.5, 0.6) is 0 Å². The maximum Gasteiger partial charge on any atom is 0.186 e. The van der Waals surface area contributed by atoms with Crippen molar-refractivity contribution in [2.45, 2.75) is 13.8 Å². The third kappa shape index (κ3) is 2.96. The summed E-state index contributed by atoms with van der Waals surface area (Å²) in [7, 11) is 0. The zero-order valence-electron chi connectivity index (χ0n) is 13.9. The Balaban J connectivity index is 1.51. The average molecular weight is 358 g/mol. The summed E-state index contributed by atoms with van der Waals surface area (Å²) in [6.45, 7) is 8.25. The first-order valence-electron chi connectivity index (χ1n) is 8.23. The van der Waals surface area contributed by atoms with Crippen LogP contribution in [0.3, 0.4) is 0 Å². The molecule has 1 aliphatic heterocycles. The fourth-order valence-electron chi connectivity index (χ4n) is 3.22. The number of halogens is 1. The molecule has 1 fully saturated rings. The second-order valence-electron chi connectivity index (χ2n) is 6.37. The lowest BCUT2D eigenvalue weighted by atomic mass is 10.1. The molecule has 124 valence electrons. The lowest BCUT2D eigenvalue weighted by molar-refractivity contribution is 0.651. The predicted octanol–water partition coefficient (Wildman–Crippen LogP) is 4.89. The molecule has 1 saturated heterocycles. The highest BCUT2D eigenvalue weighted by atomic mass is 35.5. The SMILES string of the molecule is Cc1ccc2nc(N3CCN(c4cc(Cl)ccc4C)CC3)sc2c1. The van der Waals surface area contributed by atoms with E-state index in [1.807, 2.05) is 6.07 Å². The topological polar surface area (TPSA) is 19.4 Å². The van der Waals surface area contributed by atoms with Crippen LogP contribution in [-0.4, -0.2) is 31.2 Å². The number of hydrogen-bond acceptors (Lipinski definition) is 4. The molecule has 0 spiro atoms. The Kier molecular flexibility index (Phi) is 4.10. The number of nitrogens with zero attached hydrogens (tertiary/aromatic N) is 3. The highest BCUT2D eigenvalue weighted by Gasteiger charge is 2.21. The largest absolute Gasteiger partial charge is 0.368 e. The molecule has 4 rings (SSSR count). The summed E-state index contributed by atoms with van der Waals surface area (Å²) < 4.78 is 1.28. The van der Waals surface area contributed by atoms with E-state index >= 15 is 0 Å². The van der Waals surface area contributed by atoms with Gasteiger partial charge >= 0.3 is 0 Å². The molecule has 1 aliphatic rings. The van der Waals surface area contributed by atoms with Gasteiger partial charge in [0.05, 0.1) is 10.2 Å². The zero-order valence-corrected chi connectivity index (χ0v) is 15.5. The Morgan fingerprint density at radius 3 is 2.50 bits per heavy atom. The van der Waals surface area contributed by atoms with Crippen molar-refractivity contribution in [3.8, 4) is 0 Å². The number of rotatable bonds is 2. The Hall–Kier alpha value is -1.78. The minimum atomic E-state index is 0.805. The van der Waals surface area contributed by atoms with Crippen LogP contribution in [0.1, 0.15) is 11.1 Å². The first-order chi connectivity index (χ1) is 11.6. The van der Waals surface area contributed by atoms with Crippen molar-refractivity contribution in [1.29, 1.82) is 0 Å². The highest BCUT2D eigenvalue weighted by molar-refractivity contribution is 7.22. The van der Waals surface area contributed by atoms with Crippen molar-refractivity contribution in [3.63, 3.8) is 0 Å². The van der Waals surface area contributed by atoms with Crippen molar-refractivity contribution in [2.24, 2.45) is 0 Å². The fraction of sp³-hybridized carbons (Fsp3) is 0.316. The number of thiazole rings is 1. The molecule has 2 heterocycles. The van der Waals surface area contributed by atoms with Gasteiger partial charge in [-0.2, -0.15) is 0 Å². The molecule has 3 nitrogen and oxygen atoms in total. The van der Waals surface area contributed by atoms with E-state index in [4.69, 9.17) is 16.6 Å². The number of benzene rings is 2.